The fourth-order valence-electron chi connectivity index (χ4n) is 8.12. The first-order chi connectivity index (χ1) is 27.8. The van der Waals surface area contributed by atoms with Gasteiger partial charge >= 0.3 is 23.9 Å². The van der Waals surface area contributed by atoms with E-state index in [0.717, 1.165) is 62.1 Å². The molecule has 338 valence electrons. The van der Waals surface area contributed by atoms with Gasteiger partial charge < -0.3 is 35.7 Å². The van der Waals surface area contributed by atoms with E-state index in [2.05, 4.69) is 19.9 Å². The van der Waals surface area contributed by atoms with E-state index in [4.69, 9.17) is 0 Å². The number of unbranched alkanes of at least 4 members (excludes halogenated alkanes) is 6. The normalized spacial score (nSPS) is 13.3. The number of aryl methyl sites for hydroxylation is 2. The maximum atomic E-state index is 12.9. The van der Waals surface area contributed by atoms with Crippen LogP contribution in [0.2, 0.25) is 0 Å². The third kappa shape index (κ3) is 15.0. The average Bonchev–Trinajstić information content (AvgIpc) is 3.15. The number of benzene rings is 2. The molecule has 7 N–H and O–H groups in total. The minimum atomic E-state index is -0.994. The molecule has 0 heterocycles. The van der Waals surface area contributed by atoms with E-state index in [9.17, 15) is 54.9 Å². The van der Waals surface area contributed by atoms with E-state index in [1.54, 1.807) is 48.5 Å². The van der Waals surface area contributed by atoms with Crippen molar-refractivity contribution in [3.05, 3.63) is 51.1 Å². The summed E-state index contributed by atoms with van der Waals surface area (Å²) < 4.78 is 0. The summed E-state index contributed by atoms with van der Waals surface area (Å²) in [6.07, 6.45) is 12.7. The Morgan fingerprint density at radius 1 is 0.433 bits per heavy atom. The molecule has 0 fully saturated rings. The molecule has 0 aromatic heterocycles. The number of phenolic OH excluding ortho intramolecular Hbond substituents is 3. The lowest BCUT2D eigenvalue weighted by molar-refractivity contribution is -0.149. The van der Waals surface area contributed by atoms with Gasteiger partial charge in [0, 0.05) is 17.2 Å². The Balaban J connectivity index is 2.20. The molecule has 0 aliphatic rings. The van der Waals surface area contributed by atoms with Crippen LogP contribution < -0.4 is 0 Å². The molecule has 0 amide bonds. The number of hydrogen-bond donors (Lipinski definition) is 7. The number of rotatable bonds is 29. The molecule has 60 heavy (non-hydrogen) atoms. The van der Waals surface area contributed by atoms with Crippen molar-refractivity contribution < 1.29 is 54.9 Å². The minimum absolute atomic E-state index is 0.113. The third-order valence-electron chi connectivity index (χ3n) is 13.2. The third-order valence-corrected chi connectivity index (χ3v) is 13.2. The van der Waals surface area contributed by atoms with Crippen molar-refractivity contribution in [1.82, 2.24) is 0 Å². The molecule has 1 atom stereocenters. The maximum absolute atomic E-state index is 12.9. The number of hydrogen-bond acceptors (Lipinski definition) is 7. The number of carboxylic acids is 4. The van der Waals surface area contributed by atoms with E-state index >= 15 is 0 Å². The fraction of sp³-hybridized carbons (Fsp3) is 0.673. The zero-order valence-corrected chi connectivity index (χ0v) is 38.1. The summed E-state index contributed by atoms with van der Waals surface area (Å²) in [4.78, 5) is 47.8. The van der Waals surface area contributed by atoms with E-state index in [-0.39, 0.29) is 11.5 Å². The highest BCUT2D eigenvalue weighted by atomic mass is 16.4. The molecule has 11 nitrogen and oxygen atoms in total. The van der Waals surface area contributed by atoms with Crippen molar-refractivity contribution in [1.29, 1.82) is 0 Å². The van der Waals surface area contributed by atoms with Gasteiger partial charge in [-0.25, -0.2) is 0 Å². The quantitative estimate of drug-likeness (QED) is 0.0233. The van der Waals surface area contributed by atoms with Gasteiger partial charge in [0.25, 0.3) is 0 Å². The second-order valence-corrected chi connectivity index (χ2v) is 19.6. The van der Waals surface area contributed by atoms with Crippen LogP contribution in [-0.2, 0) is 51.3 Å². The lowest BCUT2D eigenvalue weighted by Gasteiger charge is -2.27. The summed E-state index contributed by atoms with van der Waals surface area (Å²) in [6.45, 7) is 16.4. The van der Waals surface area contributed by atoms with Gasteiger partial charge in [0.1, 0.15) is 5.75 Å². The minimum Gasteiger partial charge on any atom is -0.508 e. The topological polar surface area (TPSA) is 210 Å². The molecule has 0 saturated heterocycles. The number of carbonyl (C=O) groups is 4. The predicted octanol–water partition coefficient (Wildman–Crippen LogP) is 11.1. The van der Waals surface area contributed by atoms with Crippen LogP contribution in [0.5, 0.6) is 17.2 Å². The lowest BCUT2D eigenvalue weighted by Crippen LogP contribution is -2.28. The molecule has 1 unspecified atom stereocenters. The van der Waals surface area contributed by atoms with E-state index in [1.807, 2.05) is 0 Å². The van der Waals surface area contributed by atoms with Crippen LogP contribution in [0.1, 0.15) is 184 Å². The van der Waals surface area contributed by atoms with Crippen LogP contribution in [0.25, 0.3) is 0 Å². The van der Waals surface area contributed by atoms with Crippen molar-refractivity contribution >= 4 is 23.9 Å². The Bertz CT molecular complexity index is 1790. The van der Waals surface area contributed by atoms with Crippen molar-refractivity contribution in [2.45, 2.75) is 191 Å². The second kappa shape index (κ2) is 22.5. The maximum Gasteiger partial charge on any atom is 0.309 e. The van der Waals surface area contributed by atoms with Crippen LogP contribution in [0, 0.1) is 35.5 Å². The fourth-order valence-corrected chi connectivity index (χ4v) is 8.12. The van der Waals surface area contributed by atoms with Gasteiger partial charge in [-0.05, 0) is 180 Å². The second-order valence-electron chi connectivity index (χ2n) is 19.6. The van der Waals surface area contributed by atoms with Crippen LogP contribution in [0.15, 0.2) is 12.1 Å². The monoisotopic (exact) mass is 841 g/mol. The SMILES string of the molecule is Cc1cc(CCC(C)(CCCCCc2c(O)cc(O)c(O)c2CCCCC(C)(C)C(=O)O)C(=O)O)c(CCCCC(C)(C)C(=O)O)c(CCCCCC(C)(C)C(=O)O)c1C. The number of aliphatic carboxylic acids is 4. The first-order valence-corrected chi connectivity index (χ1v) is 22.1. The highest BCUT2D eigenvalue weighted by Gasteiger charge is 2.33. The molecule has 2 aromatic carbocycles. The Morgan fingerprint density at radius 2 is 0.833 bits per heavy atom. The van der Waals surface area contributed by atoms with Crippen molar-refractivity contribution in [3.63, 3.8) is 0 Å². The largest absolute Gasteiger partial charge is 0.508 e. The summed E-state index contributed by atoms with van der Waals surface area (Å²) in [6, 6.07) is 3.33. The van der Waals surface area contributed by atoms with Gasteiger partial charge in [-0.1, -0.05) is 44.6 Å². The van der Waals surface area contributed by atoms with Gasteiger partial charge in [-0.15, -0.1) is 0 Å². The van der Waals surface area contributed by atoms with Crippen LogP contribution >= 0.6 is 0 Å². The molecule has 11 heteroatoms. The summed E-state index contributed by atoms with van der Waals surface area (Å²) >= 11 is 0. The number of aromatic hydroxyl groups is 3. The van der Waals surface area contributed by atoms with Crippen LogP contribution in [0.4, 0.5) is 0 Å². The summed E-state index contributed by atoms with van der Waals surface area (Å²) in [5, 5.41) is 70.8. The van der Waals surface area contributed by atoms with Gasteiger partial charge in [-0.3, -0.25) is 19.2 Å². The van der Waals surface area contributed by atoms with Gasteiger partial charge in [0.2, 0.25) is 0 Å². The molecule has 0 bridgehead atoms. The Labute approximate surface area is 358 Å². The zero-order chi connectivity index (χ0) is 45.6. The zero-order valence-electron chi connectivity index (χ0n) is 38.1. The number of phenols is 3. The molecule has 0 aliphatic carbocycles. The van der Waals surface area contributed by atoms with Crippen molar-refractivity contribution in [3.8, 4) is 17.2 Å². The van der Waals surface area contributed by atoms with Crippen molar-refractivity contribution in [2.24, 2.45) is 21.7 Å². The first kappa shape index (κ1) is 51.9. The smallest absolute Gasteiger partial charge is 0.309 e. The van der Waals surface area contributed by atoms with Gasteiger partial charge in [0.15, 0.2) is 11.5 Å². The molecule has 0 radical (unpaired) electrons. The summed E-state index contributed by atoms with van der Waals surface area (Å²) in [5.74, 6) is -4.15. The Hall–Kier alpha value is -4.28. The Morgan fingerprint density at radius 3 is 1.30 bits per heavy atom. The van der Waals surface area contributed by atoms with E-state index < -0.39 is 51.3 Å². The molecular weight excluding hydrogens is 765 g/mol. The first-order valence-electron chi connectivity index (χ1n) is 22.1. The predicted molar refractivity (Wildman–Crippen MR) is 235 cm³/mol. The molecule has 0 spiro atoms. The Kier molecular flexibility index (Phi) is 19.5. The molecule has 2 aromatic rings. The van der Waals surface area contributed by atoms with Crippen molar-refractivity contribution in [2.75, 3.05) is 0 Å². The summed E-state index contributed by atoms with van der Waals surface area (Å²) in [7, 11) is 0. The van der Waals surface area contributed by atoms with Gasteiger partial charge in [0.05, 0.1) is 21.7 Å². The molecule has 0 aliphatic heterocycles. The average molecular weight is 841 g/mol. The summed E-state index contributed by atoms with van der Waals surface area (Å²) in [5.41, 5.74) is 3.50. The van der Waals surface area contributed by atoms with Crippen LogP contribution in [-0.4, -0.2) is 59.6 Å². The van der Waals surface area contributed by atoms with Gasteiger partial charge in [-0.2, -0.15) is 0 Å². The standard InChI is InChI=1S/C49H76O11/c1-32-30-34(36(21-14-18-26-47(5,6)43(55)56)35(33(32)2)20-12-10-16-25-46(3,4)42(53)54)24-29-49(9,45(59)60)28-17-11-13-22-37-38(41(52)40(51)31-39(37)50)23-15-19-27-48(7,8)44(57)58/h30-31,50-52H,10-29H2,1-9H3,(H,53,54)(H,55,56)(H,57,58)(H,59,60). The highest BCUT2D eigenvalue weighted by Crippen LogP contribution is 2.40. The van der Waals surface area contributed by atoms with Crippen LogP contribution in [0.3, 0.4) is 0 Å². The molecule has 2 rings (SSSR count). The lowest BCUT2D eigenvalue weighted by atomic mass is 9.77. The number of carboxylic acid groups (broad SMARTS) is 4. The molecular formula is C49H76O11. The van der Waals surface area contributed by atoms with E-state index in [1.165, 1.54) is 16.7 Å². The highest BCUT2D eigenvalue weighted by molar-refractivity contribution is 5.75. The van der Waals surface area contributed by atoms with E-state index in [0.29, 0.717) is 94.6 Å². The molecule has 0 saturated carbocycles.